The van der Waals surface area contributed by atoms with Gasteiger partial charge in [0, 0.05) is 18.3 Å². The predicted molar refractivity (Wildman–Crippen MR) is 143 cm³/mol. The number of aromatic hydroxyl groups is 1. The molecule has 5 heteroatoms. The van der Waals surface area contributed by atoms with Crippen LogP contribution in [0.3, 0.4) is 0 Å². The van der Waals surface area contributed by atoms with E-state index in [-0.39, 0.29) is 47.0 Å². The van der Waals surface area contributed by atoms with Crippen LogP contribution in [0.1, 0.15) is 108 Å². The van der Waals surface area contributed by atoms with E-state index in [2.05, 4.69) is 25.2 Å². The molecular weight excluding hydrogens is 458 g/mol. The molecule has 4 nitrogen and oxygen atoms in total. The molecule has 3 unspecified atom stereocenters. The van der Waals surface area contributed by atoms with Gasteiger partial charge in [0.1, 0.15) is 5.75 Å². The maximum atomic E-state index is 13.1. The smallest absolute Gasteiger partial charge is 0.220 e. The second-order valence-electron chi connectivity index (χ2n) is 11.9. The van der Waals surface area contributed by atoms with Crippen LogP contribution in [0.15, 0.2) is 18.2 Å². The summed E-state index contributed by atoms with van der Waals surface area (Å²) in [7, 11) is 0. The van der Waals surface area contributed by atoms with E-state index in [1.54, 1.807) is 6.07 Å². The Labute approximate surface area is 217 Å². The van der Waals surface area contributed by atoms with Gasteiger partial charge < -0.3 is 15.5 Å². The standard InChI is InChI=1S/C30H46ClNO3/c1-3-4-5-6-7-8-9-10-11-27(35)32-25-17-20-16-22(33)12-13-23(20)28-21(19-31)18-30(2)24(29(25)28)14-15-26(30)34/h12-13,16,21,24-26,28-29,33-34H,3-11,14-15,17-19H2,1-2H3,(H,32,35)/t21-,24?,25-,26+,28?,29?,30+/m1/s1. The highest BCUT2D eigenvalue weighted by Gasteiger charge is 2.59. The van der Waals surface area contributed by atoms with Gasteiger partial charge in [-0.05, 0) is 84.5 Å². The maximum Gasteiger partial charge on any atom is 0.220 e. The van der Waals surface area contributed by atoms with E-state index in [1.807, 2.05) is 6.07 Å². The number of phenols is 1. The van der Waals surface area contributed by atoms with Crippen molar-refractivity contribution in [2.24, 2.45) is 23.2 Å². The van der Waals surface area contributed by atoms with Crippen molar-refractivity contribution in [3.8, 4) is 5.75 Å². The third-order valence-corrected chi connectivity index (χ3v) is 10.0. The molecule has 0 aliphatic heterocycles. The molecule has 1 amide bonds. The fraction of sp³-hybridized carbons (Fsp3) is 0.767. The lowest BCUT2D eigenvalue weighted by Gasteiger charge is -2.56. The van der Waals surface area contributed by atoms with Crippen LogP contribution >= 0.6 is 11.6 Å². The molecule has 3 aliphatic carbocycles. The number of unbranched alkanes of at least 4 members (excludes halogenated alkanes) is 7. The summed E-state index contributed by atoms with van der Waals surface area (Å²) in [6.07, 6.45) is 13.6. The first kappa shape index (κ1) is 26.8. The monoisotopic (exact) mass is 503 g/mol. The molecule has 2 fully saturated rings. The predicted octanol–water partition coefficient (Wildman–Crippen LogP) is 6.70. The number of benzene rings is 1. The van der Waals surface area contributed by atoms with Crippen molar-refractivity contribution in [1.29, 1.82) is 0 Å². The van der Waals surface area contributed by atoms with Crippen molar-refractivity contribution in [2.45, 2.75) is 115 Å². The number of hydrogen-bond donors (Lipinski definition) is 3. The SMILES string of the molecule is CCCCCCCCCCC(=O)N[C@@H]1Cc2cc(O)ccc2C2C1C1CC[C@H](O)[C@@]1(C)C[C@@H]2CCl. The van der Waals surface area contributed by atoms with Crippen LogP contribution < -0.4 is 5.32 Å². The van der Waals surface area contributed by atoms with E-state index in [0.717, 1.165) is 44.1 Å². The summed E-state index contributed by atoms with van der Waals surface area (Å²) < 4.78 is 0. The number of amides is 1. The first-order chi connectivity index (χ1) is 16.9. The third kappa shape index (κ3) is 5.69. The summed E-state index contributed by atoms with van der Waals surface area (Å²) >= 11 is 6.57. The maximum absolute atomic E-state index is 13.1. The van der Waals surface area contributed by atoms with E-state index in [9.17, 15) is 15.0 Å². The van der Waals surface area contributed by atoms with E-state index >= 15 is 0 Å². The zero-order valence-electron chi connectivity index (χ0n) is 21.8. The van der Waals surface area contributed by atoms with Crippen molar-refractivity contribution in [3.05, 3.63) is 29.3 Å². The van der Waals surface area contributed by atoms with Gasteiger partial charge in [-0.1, -0.05) is 64.9 Å². The molecule has 0 spiro atoms. The lowest BCUT2D eigenvalue weighted by Crippen LogP contribution is -2.57. The van der Waals surface area contributed by atoms with Gasteiger partial charge in [0.05, 0.1) is 6.10 Å². The minimum atomic E-state index is -0.297. The quantitative estimate of drug-likeness (QED) is 0.232. The molecule has 4 rings (SSSR count). The summed E-state index contributed by atoms with van der Waals surface area (Å²) in [5, 5.41) is 24.6. The van der Waals surface area contributed by atoms with Gasteiger partial charge in [0.2, 0.25) is 5.91 Å². The van der Waals surface area contributed by atoms with Crippen molar-refractivity contribution in [2.75, 3.05) is 5.88 Å². The van der Waals surface area contributed by atoms with E-state index in [1.165, 1.54) is 44.1 Å². The topological polar surface area (TPSA) is 69.6 Å². The molecule has 1 aromatic carbocycles. The minimum Gasteiger partial charge on any atom is -0.508 e. The summed E-state index contributed by atoms with van der Waals surface area (Å²) in [5.74, 6) is 2.14. The second-order valence-corrected chi connectivity index (χ2v) is 12.2. The van der Waals surface area contributed by atoms with Crippen molar-refractivity contribution in [1.82, 2.24) is 5.32 Å². The van der Waals surface area contributed by atoms with Gasteiger partial charge >= 0.3 is 0 Å². The number of alkyl halides is 1. The first-order valence-corrected chi connectivity index (χ1v) is 14.8. The van der Waals surface area contributed by atoms with Gasteiger partial charge in [-0.15, -0.1) is 11.6 Å². The van der Waals surface area contributed by atoms with Crippen molar-refractivity contribution >= 4 is 17.5 Å². The number of aliphatic hydroxyl groups is 1. The van der Waals surface area contributed by atoms with Crippen LogP contribution in [0.25, 0.3) is 0 Å². The number of nitrogens with one attached hydrogen (secondary N) is 1. The Bertz CT molecular complexity index is 860. The number of fused-ring (bicyclic) bond motifs is 5. The summed E-state index contributed by atoms with van der Waals surface area (Å²) in [6.45, 7) is 4.49. The molecule has 3 N–H and O–H groups in total. The fourth-order valence-corrected chi connectivity index (χ4v) is 8.18. The molecule has 0 bridgehead atoms. The number of halogens is 1. The molecule has 0 saturated heterocycles. The van der Waals surface area contributed by atoms with Crippen LogP contribution in [-0.2, 0) is 11.2 Å². The number of rotatable bonds is 11. The van der Waals surface area contributed by atoms with Crippen LogP contribution in [0.5, 0.6) is 5.75 Å². The highest BCUT2D eigenvalue weighted by atomic mass is 35.5. The van der Waals surface area contributed by atoms with Gasteiger partial charge in [0.25, 0.3) is 0 Å². The van der Waals surface area contributed by atoms with E-state index < -0.39 is 0 Å². The normalized spacial score (nSPS) is 33.6. The van der Waals surface area contributed by atoms with Crippen molar-refractivity contribution < 1.29 is 15.0 Å². The Kier molecular flexibility index (Phi) is 9.08. The van der Waals surface area contributed by atoms with E-state index in [0.29, 0.717) is 18.2 Å². The summed E-state index contributed by atoms with van der Waals surface area (Å²) in [4.78, 5) is 13.1. The number of carbonyl (C=O) groups excluding carboxylic acids is 1. The molecule has 2 saturated carbocycles. The molecule has 0 aromatic heterocycles. The lowest BCUT2D eigenvalue weighted by molar-refractivity contribution is -0.123. The summed E-state index contributed by atoms with van der Waals surface area (Å²) in [6, 6.07) is 5.77. The number of phenolic OH excluding ortho intramolecular Hbond substituents is 1. The Balaban J connectivity index is 1.46. The van der Waals surface area contributed by atoms with Gasteiger partial charge in [-0.2, -0.15) is 0 Å². The number of carbonyl (C=O) groups is 1. The highest BCUT2D eigenvalue weighted by Crippen LogP contribution is 2.63. The van der Waals surface area contributed by atoms with Crippen LogP contribution in [-0.4, -0.2) is 34.1 Å². The zero-order chi connectivity index (χ0) is 25.0. The molecule has 3 aliphatic rings. The van der Waals surface area contributed by atoms with Crippen molar-refractivity contribution in [3.63, 3.8) is 0 Å². The Morgan fingerprint density at radius 1 is 1.11 bits per heavy atom. The zero-order valence-corrected chi connectivity index (χ0v) is 22.5. The molecule has 7 atom stereocenters. The van der Waals surface area contributed by atoms with Crippen LogP contribution in [0.4, 0.5) is 0 Å². The lowest BCUT2D eigenvalue weighted by atomic mass is 9.51. The first-order valence-electron chi connectivity index (χ1n) is 14.2. The summed E-state index contributed by atoms with van der Waals surface area (Å²) in [5.41, 5.74) is 2.28. The Morgan fingerprint density at radius 3 is 2.54 bits per heavy atom. The molecule has 1 aromatic rings. The fourth-order valence-electron chi connectivity index (χ4n) is 7.88. The third-order valence-electron chi connectivity index (χ3n) is 9.64. The largest absolute Gasteiger partial charge is 0.508 e. The van der Waals surface area contributed by atoms with Crippen LogP contribution in [0.2, 0.25) is 0 Å². The van der Waals surface area contributed by atoms with Gasteiger partial charge in [-0.3, -0.25) is 4.79 Å². The molecular formula is C30H46ClNO3. The molecule has 0 radical (unpaired) electrons. The average Bonchev–Trinajstić information content (AvgIpc) is 3.13. The second kappa shape index (κ2) is 11.9. The molecule has 196 valence electrons. The Hall–Kier alpha value is -1.26. The van der Waals surface area contributed by atoms with E-state index in [4.69, 9.17) is 11.6 Å². The Morgan fingerprint density at radius 2 is 1.83 bits per heavy atom. The minimum absolute atomic E-state index is 0.0245. The number of hydrogen-bond acceptors (Lipinski definition) is 3. The van der Waals surface area contributed by atoms with Crippen LogP contribution in [0, 0.1) is 23.2 Å². The van der Waals surface area contributed by atoms with Gasteiger partial charge in [0.15, 0.2) is 0 Å². The molecule has 35 heavy (non-hydrogen) atoms. The molecule has 0 heterocycles. The van der Waals surface area contributed by atoms with Gasteiger partial charge in [-0.25, -0.2) is 0 Å². The highest BCUT2D eigenvalue weighted by molar-refractivity contribution is 6.18. The number of aliphatic hydroxyl groups excluding tert-OH is 1. The average molecular weight is 504 g/mol.